The van der Waals surface area contributed by atoms with Crippen LogP contribution in [0.1, 0.15) is 51.0 Å². The summed E-state index contributed by atoms with van der Waals surface area (Å²) in [6.45, 7) is 7.54. The van der Waals surface area contributed by atoms with Crippen molar-refractivity contribution in [3.8, 4) is 5.88 Å². The number of aromatic nitrogens is 1. The fraction of sp³-hybridized carbons (Fsp3) is 0.727. The summed E-state index contributed by atoms with van der Waals surface area (Å²) in [5.74, 6) is 2.11. The van der Waals surface area contributed by atoms with E-state index in [0.29, 0.717) is 18.6 Å². The fourth-order valence-electron chi connectivity index (χ4n) is 3.67. The largest absolute Gasteiger partial charge is 0.474 e. The molecule has 0 spiro atoms. The molecule has 1 aromatic rings. The van der Waals surface area contributed by atoms with Crippen molar-refractivity contribution >= 4 is 29.9 Å². The molecule has 0 amide bonds. The highest BCUT2D eigenvalue weighted by molar-refractivity contribution is 14.0. The Kier molecular flexibility index (Phi) is 12.4. The maximum absolute atomic E-state index is 6.12. The van der Waals surface area contributed by atoms with Crippen LogP contribution in [0.3, 0.4) is 0 Å². The number of nitrogens with zero attached hydrogens (tertiary/aromatic N) is 2. The van der Waals surface area contributed by atoms with Crippen LogP contribution in [0.4, 0.5) is 0 Å². The van der Waals surface area contributed by atoms with Gasteiger partial charge in [-0.2, -0.15) is 0 Å². The maximum Gasteiger partial charge on any atom is 0.218 e. The van der Waals surface area contributed by atoms with Gasteiger partial charge in [-0.1, -0.05) is 6.07 Å². The first-order chi connectivity index (χ1) is 14.3. The lowest BCUT2D eigenvalue weighted by Crippen LogP contribution is -2.38. The van der Waals surface area contributed by atoms with Gasteiger partial charge < -0.3 is 24.8 Å². The second kappa shape index (κ2) is 14.8. The van der Waals surface area contributed by atoms with E-state index in [4.69, 9.17) is 19.2 Å². The number of hydrogen-bond acceptors (Lipinski definition) is 5. The first-order valence-corrected chi connectivity index (χ1v) is 11.1. The van der Waals surface area contributed by atoms with Crippen molar-refractivity contribution in [3.63, 3.8) is 0 Å². The number of pyridine rings is 1. The van der Waals surface area contributed by atoms with Gasteiger partial charge in [0.2, 0.25) is 5.88 Å². The van der Waals surface area contributed by atoms with Gasteiger partial charge in [0.1, 0.15) is 6.10 Å². The molecule has 1 aliphatic carbocycles. The standard InChI is InChI=1S/C22H36N4O3.HI/c1-2-23-22(25-12-6-13-27-16-18-10-14-28-17-18)26-15-19-7-5-11-24-21(19)29-20-8-3-4-9-20;/h5,7,11,18,20H,2-4,6,8-10,12-17H2,1H3,(H2,23,25,26);1H. The summed E-state index contributed by atoms with van der Waals surface area (Å²) in [5.41, 5.74) is 1.03. The van der Waals surface area contributed by atoms with E-state index in [1.807, 2.05) is 12.1 Å². The van der Waals surface area contributed by atoms with Crippen LogP contribution >= 0.6 is 24.0 Å². The summed E-state index contributed by atoms with van der Waals surface area (Å²) in [4.78, 5) is 9.15. The van der Waals surface area contributed by atoms with E-state index >= 15 is 0 Å². The van der Waals surface area contributed by atoms with Crippen LogP contribution in [0.5, 0.6) is 5.88 Å². The van der Waals surface area contributed by atoms with Crippen molar-refractivity contribution in [2.45, 2.75) is 58.1 Å². The Labute approximate surface area is 197 Å². The third-order valence-electron chi connectivity index (χ3n) is 5.32. The molecule has 1 saturated carbocycles. The normalized spacial score (nSPS) is 19.5. The van der Waals surface area contributed by atoms with Crippen molar-refractivity contribution in [3.05, 3.63) is 23.9 Å². The van der Waals surface area contributed by atoms with Gasteiger partial charge in [-0.3, -0.25) is 0 Å². The number of guanidine groups is 1. The van der Waals surface area contributed by atoms with Crippen LogP contribution in [0.25, 0.3) is 0 Å². The van der Waals surface area contributed by atoms with Gasteiger partial charge in [-0.05, 0) is 51.5 Å². The Morgan fingerprint density at radius 1 is 1.27 bits per heavy atom. The summed E-state index contributed by atoms with van der Waals surface area (Å²) in [6, 6.07) is 3.99. The smallest absolute Gasteiger partial charge is 0.218 e. The number of halogens is 1. The molecule has 7 nitrogen and oxygen atoms in total. The minimum atomic E-state index is 0. The molecule has 2 aliphatic rings. The maximum atomic E-state index is 6.12. The molecule has 1 aromatic heterocycles. The minimum absolute atomic E-state index is 0. The van der Waals surface area contributed by atoms with E-state index in [-0.39, 0.29) is 24.0 Å². The van der Waals surface area contributed by atoms with Crippen molar-refractivity contribution < 1.29 is 14.2 Å². The van der Waals surface area contributed by atoms with E-state index in [9.17, 15) is 0 Å². The molecule has 1 atom stereocenters. The van der Waals surface area contributed by atoms with E-state index in [2.05, 4.69) is 22.5 Å². The van der Waals surface area contributed by atoms with Crippen LogP contribution < -0.4 is 15.4 Å². The van der Waals surface area contributed by atoms with Gasteiger partial charge in [0.25, 0.3) is 0 Å². The van der Waals surface area contributed by atoms with Crippen LogP contribution in [0.2, 0.25) is 0 Å². The number of ether oxygens (including phenoxy) is 3. The van der Waals surface area contributed by atoms with Gasteiger partial charge in [-0.25, -0.2) is 9.98 Å². The molecular weight excluding hydrogens is 495 g/mol. The molecule has 0 bridgehead atoms. The van der Waals surface area contributed by atoms with Gasteiger partial charge in [0.05, 0.1) is 19.8 Å². The van der Waals surface area contributed by atoms with Crippen molar-refractivity contribution in [2.75, 3.05) is 39.5 Å². The van der Waals surface area contributed by atoms with E-state index in [1.165, 1.54) is 12.8 Å². The Balaban J connectivity index is 0.00000320. The average molecular weight is 532 g/mol. The van der Waals surface area contributed by atoms with E-state index < -0.39 is 0 Å². The predicted molar refractivity (Wildman–Crippen MR) is 130 cm³/mol. The number of nitrogens with one attached hydrogen (secondary N) is 2. The highest BCUT2D eigenvalue weighted by Crippen LogP contribution is 2.25. The number of aliphatic imine (C=N–C) groups is 1. The number of rotatable bonds is 11. The third kappa shape index (κ3) is 8.93. The molecule has 0 aromatic carbocycles. The van der Waals surface area contributed by atoms with Crippen LogP contribution in [-0.4, -0.2) is 56.6 Å². The monoisotopic (exact) mass is 532 g/mol. The van der Waals surface area contributed by atoms with Crippen LogP contribution in [0, 0.1) is 5.92 Å². The molecule has 1 saturated heterocycles. The van der Waals surface area contributed by atoms with Crippen molar-refractivity contribution in [1.82, 2.24) is 15.6 Å². The molecule has 3 rings (SSSR count). The van der Waals surface area contributed by atoms with Crippen LogP contribution in [-0.2, 0) is 16.0 Å². The van der Waals surface area contributed by atoms with Crippen molar-refractivity contribution in [1.29, 1.82) is 0 Å². The Bertz CT molecular complexity index is 620. The summed E-state index contributed by atoms with van der Waals surface area (Å²) in [6.07, 6.45) is 8.90. The average Bonchev–Trinajstić information content (AvgIpc) is 3.44. The molecule has 170 valence electrons. The van der Waals surface area contributed by atoms with Gasteiger partial charge >= 0.3 is 0 Å². The van der Waals surface area contributed by atoms with Crippen LogP contribution in [0.15, 0.2) is 23.3 Å². The molecule has 30 heavy (non-hydrogen) atoms. The molecule has 2 fully saturated rings. The van der Waals surface area contributed by atoms with E-state index in [1.54, 1.807) is 6.20 Å². The molecule has 1 aliphatic heterocycles. The lowest BCUT2D eigenvalue weighted by molar-refractivity contribution is 0.0888. The minimum Gasteiger partial charge on any atom is -0.474 e. The predicted octanol–water partition coefficient (Wildman–Crippen LogP) is 3.52. The highest BCUT2D eigenvalue weighted by atomic mass is 127. The molecule has 0 radical (unpaired) electrons. The van der Waals surface area contributed by atoms with Gasteiger partial charge in [-0.15, -0.1) is 24.0 Å². The zero-order chi connectivity index (χ0) is 20.2. The van der Waals surface area contributed by atoms with Gasteiger partial charge in [0.15, 0.2) is 5.96 Å². The second-order valence-corrected chi connectivity index (χ2v) is 7.77. The topological polar surface area (TPSA) is 77.0 Å². The molecule has 2 N–H and O–H groups in total. The zero-order valence-corrected chi connectivity index (χ0v) is 20.4. The third-order valence-corrected chi connectivity index (χ3v) is 5.32. The molecular formula is C22H37IN4O3. The molecule has 2 heterocycles. The van der Waals surface area contributed by atoms with E-state index in [0.717, 1.165) is 82.6 Å². The molecule has 8 heteroatoms. The SMILES string of the molecule is CCNC(=NCc1cccnc1OC1CCCC1)NCCCOCC1CCOC1.I. The summed E-state index contributed by atoms with van der Waals surface area (Å²) < 4.78 is 17.3. The highest BCUT2D eigenvalue weighted by Gasteiger charge is 2.18. The lowest BCUT2D eigenvalue weighted by atomic mass is 10.1. The van der Waals surface area contributed by atoms with Gasteiger partial charge in [0, 0.05) is 44.0 Å². The Morgan fingerprint density at radius 3 is 2.90 bits per heavy atom. The fourth-order valence-corrected chi connectivity index (χ4v) is 3.67. The summed E-state index contributed by atoms with van der Waals surface area (Å²) >= 11 is 0. The zero-order valence-electron chi connectivity index (χ0n) is 18.1. The molecule has 1 unspecified atom stereocenters. The quantitative estimate of drug-likeness (QED) is 0.197. The van der Waals surface area contributed by atoms with Crippen molar-refractivity contribution in [2.24, 2.45) is 10.9 Å². The first-order valence-electron chi connectivity index (χ1n) is 11.1. The second-order valence-electron chi connectivity index (χ2n) is 7.77. The Morgan fingerprint density at radius 2 is 2.13 bits per heavy atom. The summed E-state index contributed by atoms with van der Waals surface area (Å²) in [7, 11) is 0. The Hall–Kier alpha value is -1.13. The number of hydrogen-bond donors (Lipinski definition) is 2. The lowest BCUT2D eigenvalue weighted by Gasteiger charge is -2.15. The first kappa shape index (κ1) is 25.1. The summed E-state index contributed by atoms with van der Waals surface area (Å²) in [5, 5.41) is 6.69.